The quantitative estimate of drug-likeness (QED) is 0.0889. The van der Waals surface area contributed by atoms with Gasteiger partial charge in [0.25, 0.3) is 0 Å². The molecule has 0 unspecified atom stereocenters. The van der Waals surface area contributed by atoms with E-state index in [-0.39, 0.29) is 49.8 Å². The number of hydrogen-bond acceptors (Lipinski definition) is 14. The third kappa shape index (κ3) is 23.4. The zero-order valence-corrected chi connectivity index (χ0v) is 65.8. The van der Waals surface area contributed by atoms with Crippen LogP contribution in [0.2, 0.25) is 0 Å². The van der Waals surface area contributed by atoms with Crippen LogP contribution < -0.4 is 26.6 Å². The number of piperidine rings is 1. The standard InChI is InChI=1S/C79H119N13O14/c1-20-50(8)66-72(99)82-65(49(6)7)71(98)81-58(76(103)91(19)63(45-57-37-29-23-30-38-57)78(105)89(17)60(43-55-33-25-21-26-34-55)68(95)80-51(9)73(100)92-39-31-24-32-40-92)46-64(94)85(13)52(10)74(101)87(15)61(44-56-35-27-22-28-36-56)70(97)84-67(54(12)93)79(106)86(14)53(11)75(102)90(18)62(42-48(4)5)77(104)88(16)59(41-47(2)3)69(96)83-66/h21-23,25-30,33-38,47-54,58-63,65-67,93H,20,24,31-32,39-46H2,1-19H3,(H,80,95)(H,81,98)(H,82,99)(H,83,96)(H,84,97)/t50-,51-,52+,53-,54+,58-,59-,60-,61-,62-,63-,65-,66-,67-/m0/s1. The van der Waals surface area contributed by atoms with Crippen LogP contribution in [-0.4, -0.2) is 262 Å². The first-order valence-corrected chi connectivity index (χ1v) is 37.3. The maximum absolute atomic E-state index is 15.9. The van der Waals surface area contributed by atoms with Gasteiger partial charge in [-0.1, -0.05) is 153 Å². The highest BCUT2D eigenvalue weighted by Gasteiger charge is 2.45. The lowest BCUT2D eigenvalue weighted by Crippen LogP contribution is -2.63. The van der Waals surface area contributed by atoms with Gasteiger partial charge in [-0.3, -0.25) is 62.3 Å². The topological polar surface area (TPSA) is 328 Å². The Bertz CT molecular complexity index is 3500. The van der Waals surface area contributed by atoms with Crippen molar-refractivity contribution >= 4 is 76.8 Å². The van der Waals surface area contributed by atoms with Crippen molar-refractivity contribution in [1.82, 2.24) is 65.8 Å². The molecule has 3 aromatic rings. The van der Waals surface area contributed by atoms with Crippen LogP contribution in [-0.2, 0) is 81.6 Å². The summed E-state index contributed by atoms with van der Waals surface area (Å²) in [5.74, 6) is -11.7. The van der Waals surface area contributed by atoms with Gasteiger partial charge in [0, 0.05) is 81.7 Å². The van der Waals surface area contributed by atoms with Gasteiger partial charge in [-0.15, -0.1) is 0 Å². The Balaban J connectivity index is 1.70. The molecule has 0 saturated carbocycles. The minimum atomic E-state index is -1.88. The Hall–Kier alpha value is -9.27. The Morgan fingerprint density at radius 1 is 0.509 bits per heavy atom. The molecule has 0 radical (unpaired) electrons. The predicted octanol–water partition coefficient (Wildman–Crippen LogP) is 3.58. The Labute approximate surface area is 627 Å². The van der Waals surface area contributed by atoms with Gasteiger partial charge in [-0.25, -0.2) is 0 Å². The lowest BCUT2D eigenvalue weighted by Gasteiger charge is -2.39. The van der Waals surface area contributed by atoms with Crippen molar-refractivity contribution in [3.63, 3.8) is 0 Å². The van der Waals surface area contributed by atoms with E-state index in [1.165, 1.54) is 84.8 Å². The summed E-state index contributed by atoms with van der Waals surface area (Å²) in [6, 6.07) is 9.55. The maximum atomic E-state index is 15.9. The van der Waals surface area contributed by atoms with Gasteiger partial charge in [0.2, 0.25) is 76.8 Å². The Morgan fingerprint density at radius 2 is 0.953 bits per heavy atom. The molecule has 2 fully saturated rings. The van der Waals surface area contributed by atoms with Crippen molar-refractivity contribution in [3.05, 3.63) is 108 Å². The number of carbonyl (C=O) groups is 13. The number of aliphatic hydroxyl groups is 1. The zero-order valence-electron chi connectivity index (χ0n) is 65.8. The lowest BCUT2D eigenvalue weighted by atomic mass is 9.94. The summed E-state index contributed by atoms with van der Waals surface area (Å²) in [5, 5.41) is 25.3. The van der Waals surface area contributed by atoms with Crippen LogP contribution in [0.5, 0.6) is 0 Å². The molecule has 13 amide bonds. The summed E-state index contributed by atoms with van der Waals surface area (Å²) in [6.45, 7) is 20.9. The highest BCUT2D eigenvalue weighted by molar-refractivity contribution is 6.01. The van der Waals surface area contributed by atoms with Gasteiger partial charge in [0.05, 0.1) is 12.5 Å². The van der Waals surface area contributed by atoms with Crippen LogP contribution in [0.15, 0.2) is 91.0 Å². The van der Waals surface area contributed by atoms with Gasteiger partial charge < -0.3 is 70.9 Å². The van der Waals surface area contributed by atoms with Crippen LogP contribution in [0.1, 0.15) is 145 Å². The minimum absolute atomic E-state index is 0.0173. The van der Waals surface area contributed by atoms with E-state index in [1.54, 1.807) is 131 Å². The summed E-state index contributed by atoms with van der Waals surface area (Å²) in [4.78, 5) is 205. The summed E-state index contributed by atoms with van der Waals surface area (Å²) < 4.78 is 0. The number of amides is 13. The van der Waals surface area contributed by atoms with Crippen molar-refractivity contribution in [2.45, 2.75) is 226 Å². The van der Waals surface area contributed by atoms with Crippen molar-refractivity contribution in [2.24, 2.45) is 23.7 Å². The van der Waals surface area contributed by atoms with E-state index in [0.717, 1.165) is 38.9 Å². The largest absolute Gasteiger partial charge is 0.391 e. The second kappa shape index (κ2) is 40.5. The van der Waals surface area contributed by atoms with Crippen LogP contribution in [0.25, 0.3) is 0 Å². The average Bonchev–Trinajstić information content (AvgIpc) is 0.812. The van der Waals surface area contributed by atoms with Crippen LogP contribution in [0.3, 0.4) is 0 Å². The lowest BCUT2D eigenvalue weighted by molar-refractivity contribution is -0.153. The van der Waals surface area contributed by atoms with Gasteiger partial charge in [0.1, 0.15) is 72.5 Å². The average molecular weight is 1470 g/mol. The van der Waals surface area contributed by atoms with Gasteiger partial charge in [0.15, 0.2) is 0 Å². The first kappa shape index (κ1) is 87.4. The number of rotatable bonds is 21. The first-order chi connectivity index (χ1) is 49.8. The van der Waals surface area contributed by atoms with Crippen molar-refractivity contribution in [3.8, 4) is 0 Å². The number of aliphatic hydroxyl groups excluding tert-OH is 1. The molecule has 0 aromatic heterocycles. The molecule has 0 bridgehead atoms. The number of carbonyl (C=O) groups excluding carboxylic acids is 13. The van der Waals surface area contributed by atoms with Gasteiger partial charge in [-0.2, -0.15) is 0 Å². The third-order valence-electron chi connectivity index (χ3n) is 20.9. The molecular weight excluding hydrogens is 1350 g/mol. The van der Waals surface area contributed by atoms with Crippen molar-refractivity contribution in [1.29, 1.82) is 0 Å². The number of benzene rings is 3. The van der Waals surface area contributed by atoms with Crippen LogP contribution in [0.4, 0.5) is 0 Å². The molecule has 2 aliphatic rings. The number of hydrogen-bond donors (Lipinski definition) is 6. The molecule has 14 atom stereocenters. The molecular formula is C79H119N13O14. The third-order valence-corrected chi connectivity index (χ3v) is 20.9. The summed E-state index contributed by atoms with van der Waals surface area (Å²) in [6.07, 6.45) is 0.353. The Morgan fingerprint density at radius 3 is 1.45 bits per heavy atom. The van der Waals surface area contributed by atoms with Gasteiger partial charge in [-0.05, 0) is 100 Å². The fourth-order valence-corrected chi connectivity index (χ4v) is 13.4. The first-order valence-electron chi connectivity index (χ1n) is 37.3. The van der Waals surface area contributed by atoms with Crippen LogP contribution in [0, 0.1) is 23.7 Å². The normalized spacial score (nSPS) is 23.8. The molecule has 106 heavy (non-hydrogen) atoms. The molecule has 2 saturated heterocycles. The molecule has 27 nitrogen and oxygen atoms in total. The van der Waals surface area contributed by atoms with E-state index in [9.17, 15) is 29.1 Å². The van der Waals surface area contributed by atoms with Crippen molar-refractivity contribution in [2.75, 3.05) is 62.4 Å². The van der Waals surface area contributed by atoms with E-state index in [2.05, 4.69) is 26.6 Å². The predicted molar refractivity (Wildman–Crippen MR) is 403 cm³/mol. The van der Waals surface area contributed by atoms with Gasteiger partial charge >= 0.3 is 0 Å². The molecule has 3 aromatic carbocycles. The molecule has 27 heteroatoms. The Kier molecular flexibility index (Phi) is 33.3. The monoisotopic (exact) mass is 1470 g/mol. The fourth-order valence-electron chi connectivity index (χ4n) is 13.4. The van der Waals surface area contributed by atoms with E-state index >= 15 is 38.4 Å². The van der Waals surface area contributed by atoms with Crippen molar-refractivity contribution < 1.29 is 67.4 Å². The molecule has 6 N–H and O–H groups in total. The van der Waals surface area contributed by atoms with E-state index in [0.29, 0.717) is 36.2 Å². The number of nitrogens with zero attached hydrogens (tertiary/aromatic N) is 8. The highest BCUT2D eigenvalue weighted by atomic mass is 16.3. The molecule has 0 aliphatic carbocycles. The number of likely N-dealkylation sites (N-methyl/N-ethyl adjacent to an activating group) is 7. The number of nitrogens with one attached hydrogen (secondary N) is 5. The SMILES string of the molecule is CC[C@H](C)[C@@H]1NC(=O)[C@H](CC(C)C)N(C)C(=O)[C@H](CC(C)C)N(C)C(=O)[C@H](C)N(C)C(=O)[C@H]([C@@H](C)O)NC(=O)[C@H](Cc2ccccc2)N(C)C(=O)[C@@H](C)N(C)C(=O)C[C@@H](C(=O)N(C)[C@@H](Cc2ccccc2)C(=O)N(C)[C@@H](Cc2ccccc2)C(=O)N[C@@H](C)C(=O)N2CCCCC2)NC(=O)[C@H](C(C)C)NC1=O. The second-order valence-electron chi connectivity index (χ2n) is 30.2. The summed E-state index contributed by atoms with van der Waals surface area (Å²) >= 11 is 0. The molecule has 2 aliphatic heterocycles. The fraction of sp³-hybridized carbons (Fsp3) is 0.608. The minimum Gasteiger partial charge on any atom is -0.391 e. The van der Waals surface area contributed by atoms with E-state index in [4.69, 9.17) is 0 Å². The van der Waals surface area contributed by atoms with Crippen LogP contribution >= 0.6 is 0 Å². The molecule has 5 rings (SSSR count). The van der Waals surface area contributed by atoms with E-state index in [1.807, 2.05) is 27.7 Å². The highest BCUT2D eigenvalue weighted by Crippen LogP contribution is 2.24. The summed E-state index contributed by atoms with van der Waals surface area (Å²) in [7, 11) is 9.51. The smallest absolute Gasteiger partial charge is 0.248 e. The van der Waals surface area contributed by atoms with E-state index < -0.39 is 168 Å². The molecule has 2 heterocycles. The number of likely N-dealkylation sites (tertiary alicyclic amines) is 1. The maximum Gasteiger partial charge on any atom is 0.248 e. The second-order valence-corrected chi connectivity index (χ2v) is 30.2. The molecule has 584 valence electrons. The zero-order chi connectivity index (χ0) is 79.3. The summed E-state index contributed by atoms with van der Waals surface area (Å²) in [5.41, 5.74) is 1.83. The molecule has 0 spiro atoms.